The fourth-order valence-electron chi connectivity index (χ4n) is 2.15. The minimum Gasteiger partial charge on any atom is -0.411 e. The lowest BCUT2D eigenvalue weighted by Gasteiger charge is -2.04. The molecule has 0 radical (unpaired) electrons. The van der Waals surface area contributed by atoms with E-state index in [1.165, 1.54) is 18.2 Å². The van der Waals surface area contributed by atoms with Gasteiger partial charge in [0.1, 0.15) is 4.90 Å². The third kappa shape index (κ3) is 3.71. The number of nitrogens with zero attached hydrogens (tertiary/aromatic N) is 3. The molecule has 134 valence electrons. The lowest BCUT2D eigenvalue weighted by Crippen LogP contribution is -2.03. The van der Waals surface area contributed by atoms with Crippen LogP contribution in [0.4, 0.5) is 5.69 Å². The van der Waals surface area contributed by atoms with Gasteiger partial charge in [0.2, 0.25) is 5.89 Å². The maximum absolute atomic E-state index is 11.8. The first-order valence-electron chi connectivity index (χ1n) is 7.01. The second kappa shape index (κ2) is 7.06. The van der Waals surface area contributed by atoms with Gasteiger partial charge in [0.15, 0.2) is 9.84 Å². The summed E-state index contributed by atoms with van der Waals surface area (Å²) in [5.41, 5.74) is -0.00889. The molecule has 0 fully saturated rings. The Bertz CT molecular complexity index is 1100. The van der Waals surface area contributed by atoms with E-state index in [1.54, 1.807) is 24.3 Å². The summed E-state index contributed by atoms with van der Waals surface area (Å²) in [6.07, 6.45) is 0.909. The minimum absolute atomic E-state index is 0.0219. The predicted octanol–water partition coefficient (Wildman–Crippen LogP) is 3.85. The Morgan fingerprint density at radius 2 is 1.88 bits per heavy atom. The molecule has 0 saturated heterocycles. The molecule has 0 amide bonds. The van der Waals surface area contributed by atoms with Crippen molar-refractivity contribution < 1.29 is 17.8 Å². The van der Waals surface area contributed by atoms with E-state index in [2.05, 4.69) is 10.2 Å². The quantitative estimate of drug-likeness (QED) is 0.459. The third-order valence-corrected chi connectivity index (χ3v) is 5.60. The topological polar surface area (TPSA) is 116 Å². The summed E-state index contributed by atoms with van der Waals surface area (Å²) in [6.45, 7) is 0. The molecule has 0 aliphatic heterocycles. The first-order valence-corrected chi connectivity index (χ1v) is 10.1. The van der Waals surface area contributed by atoms with Crippen molar-refractivity contribution in [2.45, 2.75) is 15.0 Å². The number of hydrogen-bond donors (Lipinski definition) is 0. The number of para-hydroxylation sites is 1. The van der Waals surface area contributed by atoms with Crippen LogP contribution in [0.1, 0.15) is 0 Å². The number of sulfone groups is 1. The van der Waals surface area contributed by atoms with Gasteiger partial charge in [-0.3, -0.25) is 10.1 Å². The maximum atomic E-state index is 11.8. The average Bonchev–Trinajstić information content (AvgIpc) is 3.02. The molecule has 3 rings (SSSR count). The zero-order valence-corrected chi connectivity index (χ0v) is 15.5. The van der Waals surface area contributed by atoms with Crippen LogP contribution in [-0.2, 0) is 9.84 Å². The Kier molecular flexibility index (Phi) is 4.99. The Labute approximate surface area is 157 Å². The van der Waals surface area contributed by atoms with Gasteiger partial charge in [-0.25, -0.2) is 8.42 Å². The molecule has 0 aliphatic carbocycles. The van der Waals surface area contributed by atoms with Gasteiger partial charge in [0, 0.05) is 6.26 Å². The van der Waals surface area contributed by atoms with E-state index < -0.39 is 20.4 Å². The van der Waals surface area contributed by atoms with Gasteiger partial charge in [-0.15, -0.1) is 10.2 Å². The van der Waals surface area contributed by atoms with Gasteiger partial charge in [-0.05, 0) is 36.0 Å². The molecule has 0 spiro atoms. The van der Waals surface area contributed by atoms with Crippen molar-refractivity contribution in [1.29, 1.82) is 0 Å². The van der Waals surface area contributed by atoms with Crippen molar-refractivity contribution in [3.8, 4) is 11.5 Å². The van der Waals surface area contributed by atoms with E-state index >= 15 is 0 Å². The van der Waals surface area contributed by atoms with Gasteiger partial charge in [-0.1, -0.05) is 29.8 Å². The number of nitro benzene ring substituents is 1. The SMILES string of the molecule is CS(=O)(=O)c1cccc(Sc2nnc(-c3ccccc3Cl)o2)c1[N+](=O)[O-]. The smallest absolute Gasteiger partial charge is 0.301 e. The molecule has 26 heavy (non-hydrogen) atoms. The van der Waals surface area contributed by atoms with Crippen molar-refractivity contribution in [2.75, 3.05) is 6.26 Å². The highest BCUT2D eigenvalue weighted by atomic mass is 35.5. The highest BCUT2D eigenvalue weighted by molar-refractivity contribution is 7.99. The largest absolute Gasteiger partial charge is 0.411 e. The predicted molar refractivity (Wildman–Crippen MR) is 95.1 cm³/mol. The number of hydrogen-bond acceptors (Lipinski definition) is 8. The number of halogens is 1. The summed E-state index contributed by atoms with van der Waals surface area (Å²) in [6, 6.07) is 10.9. The van der Waals surface area contributed by atoms with Crippen molar-refractivity contribution in [2.24, 2.45) is 0 Å². The van der Waals surface area contributed by atoms with E-state index in [9.17, 15) is 18.5 Å². The molecule has 0 saturated carbocycles. The molecule has 0 N–H and O–H groups in total. The lowest BCUT2D eigenvalue weighted by molar-refractivity contribution is -0.390. The summed E-state index contributed by atoms with van der Waals surface area (Å²) in [7, 11) is -3.78. The van der Waals surface area contributed by atoms with Crippen LogP contribution < -0.4 is 0 Å². The standard InChI is InChI=1S/C15H10ClN3O5S2/c1-26(22,23)12-8-4-7-11(13(12)19(20)21)25-15-18-17-14(24-15)9-5-2-3-6-10(9)16/h2-8H,1H3. The fourth-order valence-corrected chi connectivity index (χ4v) is 4.11. The monoisotopic (exact) mass is 411 g/mol. The second-order valence-corrected chi connectivity index (χ2v) is 8.47. The van der Waals surface area contributed by atoms with Gasteiger partial charge < -0.3 is 4.42 Å². The van der Waals surface area contributed by atoms with Crippen LogP contribution in [0, 0.1) is 10.1 Å². The first-order chi connectivity index (χ1) is 12.3. The Balaban J connectivity index is 2.01. The molecular weight excluding hydrogens is 402 g/mol. The molecule has 11 heteroatoms. The van der Waals surface area contributed by atoms with E-state index in [0.717, 1.165) is 18.0 Å². The number of rotatable bonds is 5. The first kappa shape index (κ1) is 18.4. The highest BCUT2D eigenvalue weighted by Crippen LogP contribution is 2.39. The summed E-state index contributed by atoms with van der Waals surface area (Å²) in [4.78, 5) is 10.3. The molecular formula is C15H10ClN3O5S2. The van der Waals surface area contributed by atoms with Crippen LogP contribution in [-0.4, -0.2) is 29.8 Å². The maximum Gasteiger partial charge on any atom is 0.301 e. The molecule has 3 aromatic rings. The average molecular weight is 412 g/mol. The molecule has 0 aliphatic rings. The van der Waals surface area contributed by atoms with E-state index in [1.807, 2.05) is 0 Å². The Morgan fingerprint density at radius 1 is 1.15 bits per heavy atom. The van der Waals surface area contributed by atoms with Crippen LogP contribution in [0.25, 0.3) is 11.5 Å². The van der Waals surface area contributed by atoms with Crippen molar-refractivity contribution in [3.63, 3.8) is 0 Å². The fraction of sp³-hybridized carbons (Fsp3) is 0.0667. The highest BCUT2D eigenvalue weighted by Gasteiger charge is 2.27. The van der Waals surface area contributed by atoms with Gasteiger partial charge in [0.05, 0.1) is 20.4 Å². The third-order valence-electron chi connectivity index (χ3n) is 3.25. The normalized spacial score (nSPS) is 11.5. The van der Waals surface area contributed by atoms with E-state index in [0.29, 0.717) is 10.6 Å². The zero-order chi connectivity index (χ0) is 18.9. The molecule has 1 aromatic heterocycles. The van der Waals surface area contributed by atoms with Crippen LogP contribution in [0.3, 0.4) is 0 Å². The van der Waals surface area contributed by atoms with Gasteiger partial charge in [0.25, 0.3) is 5.22 Å². The minimum atomic E-state index is -3.78. The molecule has 0 unspecified atom stereocenters. The molecule has 8 nitrogen and oxygen atoms in total. The zero-order valence-electron chi connectivity index (χ0n) is 13.1. The summed E-state index contributed by atoms with van der Waals surface area (Å²) in [5.74, 6) is 0.153. The van der Waals surface area contributed by atoms with Gasteiger partial charge >= 0.3 is 5.69 Å². The Hall–Kier alpha value is -2.43. The molecule has 2 aromatic carbocycles. The summed E-state index contributed by atoms with van der Waals surface area (Å²) >= 11 is 6.88. The van der Waals surface area contributed by atoms with Crippen molar-refractivity contribution >= 4 is 38.9 Å². The van der Waals surface area contributed by atoms with Crippen molar-refractivity contribution in [1.82, 2.24) is 10.2 Å². The van der Waals surface area contributed by atoms with Crippen LogP contribution in [0.2, 0.25) is 5.02 Å². The number of nitro groups is 1. The summed E-state index contributed by atoms with van der Waals surface area (Å²) in [5, 5.41) is 19.5. The lowest BCUT2D eigenvalue weighted by atomic mass is 10.2. The van der Waals surface area contributed by atoms with E-state index in [4.69, 9.17) is 16.0 Å². The summed E-state index contributed by atoms with van der Waals surface area (Å²) < 4.78 is 29.1. The molecule has 1 heterocycles. The van der Waals surface area contributed by atoms with Crippen LogP contribution >= 0.6 is 23.4 Å². The molecule has 0 bridgehead atoms. The number of benzene rings is 2. The Morgan fingerprint density at radius 3 is 2.54 bits per heavy atom. The van der Waals surface area contributed by atoms with E-state index in [-0.39, 0.29) is 20.9 Å². The van der Waals surface area contributed by atoms with Crippen LogP contribution in [0.5, 0.6) is 0 Å². The van der Waals surface area contributed by atoms with Crippen LogP contribution in [0.15, 0.2) is 61.9 Å². The number of aromatic nitrogens is 2. The van der Waals surface area contributed by atoms with Gasteiger partial charge in [-0.2, -0.15) is 0 Å². The second-order valence-electron chi connectivity index (χ2n) is 5.09. The molecule has 0 atom stereocenters. The van der Waals surface area contributed by atoms with Crippen molar-refractivity contribution in [3.05, 3.63) is 57.6 Å².